The minimum Gasteiger partial charge on any atom is -0.319 e. The van der Waals surface area contributed by atoms with E-state index in [0.29, 0.717) is 38.5 Å². The summed E-state index contributed by atoms with van der Waals surface area (Å²) in [6.07, 6.45) is 0. The number of halogens is 3. The van der Waals surface area contributed by atoms with Crippen LogP contribution in [0.15, 0.2) is 65.6 Å². The second-order valence-corrected chi connectivity index (χ2v) is 9.08. The van der Waals surface area contributed by atoms with Gasteiger partial charge in [-0.2, -0.15) is 8.42 Å². The molecule has 1 heterocycles. The summed E-state index contributed by atoms with van der Waals surface area (Å²) in [6, 6.07) is 16.7. The van der Waals surface area contributed by atoms with Crippen molar-refractivity contribution in [3.05, 3.63) is 81.3 Å². The first-order valence-electron chi connectivity index (χ1n) is 8.40. The number of rotatable bonds is 4. The van der Waals surface area contributed by atoms with E-state index in [-0.39, 0.29) is 4.90 Å². The maximum absolute atomic E-state index is 11.6. The van der Waals surface area contributed by atoms with E-state index in [4.69, 9.17) is 34.8 Å². The molecule has 0 aliphatic rings. The molecule has 0 atom stereocenters. The fraction of sp³-hybridized carbons (Fsp3) is 0.0500. The van der Waals surface area contributed by atoms with Gasteiger partial charge in [-0.15, -0.1) is 0 Å². The fourth-order valence-corrected chi connectivity index (χ4v) is 4.04. The minimum absolute atomic E-state index is 0.212. The first-order valence-corrected chi connectivity index (χ1v) is 11.0. The van der Waals surface area contributed by atoms with Crippen LogP contribution in [0.1, 0.15) is 5.56 Å². The van der Waals surface area contributed by atoms with Crippen LogP contribution in [0.2, 0.25) is 15.1 Å². The lowest BCUT2D eigenvalue weighted by atomic mass is 10.2. The zero-order valence-corrected chi connectivity index (χ0v) is 17.8. The minimum atomic E-state index is -4.35. The summed E-state index contributed by atoms with van der Waals surface area (Å²) in [4.78, 5) is 4.43. The molecule has 0 saturated carbocycles. The topological polar surface area (TPSA) is 72.2 Å². The molecule has 4 rings (SSSR count). The Labute approximate surface area is 182 Å². The van der Waals surface area contributed by atoms with Crippen molar-refractivity contribution in [3.8, 4) is 11.4 Å². The predicted molar refractivity (Wildman–Crippen MR) is 116 cm³/mol. The first kappa shape index (κ1) is 20.2. The first-order chi connectivity index (χ1) is 13.7. The van der Waals surface area contributed by atoms with E-state index in [1.165, 1.54) is 12.1 Å². The highest BCUT2D eigenvalue weighted by Gasteiger charge is 2.17. The molecule has 1 N–H and O–H groups in total. The van der Waals surface area contributed by atoms with Crippen LogP contribution < -0.4 is 0 Å². The molecule has 29 heavy (non-hydrogen) atoms. The van der Waals surface area contributed by atoms with Gasteiger partial charge >= 0.3 is 0 Å². The van der Waals surface area contributed by atoms with Gasteiger partial charge in [0.05, 0.1) is 26.0 Å². The molecule has 3 aromatic carbocycles. The Morgan fingerprint density at radius 3 is 2.31 bits per heavy atom. The van der Waals surface area contributed by atoms with E-state index < -0.39 is 10.1 Å². The molecule has 0 fully saturated rings. The lowest BCUT2D eigenvalue weighted by Gasteiger charge is -2.11. The third kappa shape index (κ3) is 4.13. The van der Waals surface area contributed by atoms with E-state index in [1.54, 1.807) is 36.4 Å². The number of aromatic nitrogens is 2. The van der Waals surface area contributed by atoms with E-state index in [0.717, 1.165) is 11.1 Å². The van der Waals surface area contributed by atoms with E-state index in [1.807, 2.05) is 16.7 Å². The molecule has 0 amide bonds. The summed E-state index contributed by atoms with van der Waals surface area (Å²) < 4.78 is 34.4. The van der Waals surface area contributed by atoms with Crippen molar-refractivity contribution in [2.75, 3.05) is 0 Å². The molecule has 0 aliphatic carbocycles. The SMILES string of the molecule is O=S(=O)(O)c1cccc(-c2nc3cc(Cl)c(Cl)cc3n2Cc2ccc(Cl)cc2)c1. The van der Waals surface area contributed by atoms with E-state index >= 15 is 0 Å². The van der Waals surface area contributed by atoms with Gasteiger partial charge in [0.2, 0.25) is 0 Å². The van der Waals surface area contributed by atoms with Crippen LogP contribution in [-0.2, 0) is 16.7 Å². The second-order valence-electron chi connectivity index (χ2n) is 6.41. The van der Waals surface area contributed by atoms with Gasteiger partial charge in [-0.1, -0.05) is 59.1 Å². The van der Waals surface area contributed by atoms with Crippen LogP contribution in [0.4, 0.5) is 0 Å². The normalized spacial score (nSPS) is 11.9. The van der Waals surface area contributed by atoms with Gasteiger partial charge in [-0.25, -0.2) is 4.98 Å². The lowest BCUT2D eigenvalue weighted by Crippen LogP contribution is -2.03. The molecule has 0 spiro atoms. The highest BCUT2D eigenvalue weighted by Crippen LogP contribution is 2.32. The summed E-state index contributed by atoms with van der Waals surface area (Å²) in [7, 11) is -4.35. The van der Waals surface area contributed by atoms with Gasteiger partial charge in [0.25, 0.3) is 10.1 Å². The van der Waals surface area contributed by atoms with Crippen molar-refractivity contribution in [1.29, 1.82) is 0 Å². The quantitative estimate of drug-likeness (QED) is 0.376. The van der Waals surface area contributed by atoms with Crippen molar-refractivity contribution < 1.29 is 13.0 Å². The zero-order chi connectivity index (χ0) is 20.8. The maximum Gasteiger partial charge on any atom is 0.294 e. The molecular weight excluding hydrogens is 455 g/mol. The number of benzene rings is 3. The van der Waals surface area contributed by atoms with Gasteiger partial charge in [-0.05, 0) is 42.0 Å². The third-order valence-electron chi connectivity index (χ3n) is 4.43. The Bertz CT molecular complexity index is 1330. The molecular formula is C20H13Cl3N2O3S. The Kier molecular flexibility index (Phi) is 5.31. The number of hydrogen-bond acceptors (Lipinski definition) is 3. The van der Waals surface area contributed by atoms with Gasteiger partial charge < -0.3 is 4.57 Å². The van der Waals surface area contributed by atoms with Crippen LogP contribution >= 0.6 is 34.8 Å². The monoisotopic (exact) mass is 466 g/mol. The van der Waals surface area contributed by atoms with Crippen LogP contribution in [-0.4, -0.2) is 22.5 Å². The molecule has 1 aromatic heterocycles. The number of imidazole rings is 1. The fourth-order valence-electron chi connectivity index (χ4n) is 3.07. The number of fused-ring (bicyclic) bond motifs is 1. The van der Waals surface area contributed by atoms with Gasteiger partial charge in [-0.3, -0.25) is 4.55 Å². The Hall–Kier alpha value is -2.09. The predicted octanol–water partition coefficient (Wildman–Crippen LogP) is 5.96. The summed E-state index contributed by atoms with van der Waals surface area (Å²) in [5, 5.41) is 1.38. The van der Waals surface area contributed by atoms with Gasteiger partial charge in [0, 0.05) is 17.1 Å². The molecule has 9 heteroatoms. The van der Waals surface area contributed by atoms with Crippen LogP contribution in [0.25, 0.3) is 22.4 Å². The summed E-state index contributed by atoms with van der Waals surface area (Å²) in [6.45, 7) is 0.442. The maximum atomic E-state index is 11.6. The Balaban J connectivity index is 1.94. The second kappa shape index (κ2) is 7.63. The number of hydrogen-bond donors (Lipinski definition) is 1. The van der Waals surface area contributed by atoms with Crippen molar-refractivity contribution in [3.63, 3.8) is 0 Å². The average Bonchev–Trinajstić information content (AvgIpc) is 3.01. The molecule has 0 bridgehead atoms. The van der Waals surface area contributed by atoms with Crippen molar-refractivity contribution in [1.82, 2.24) is 9.55 Å². The molecule has 0 radical (unpaired) electrons. The lowest BCUT2D eigenvalue weighted by molar-refractivity contribution is 0.483. The van der Waals surface area contributed by atoms with Crippen LogP contribution in [0, 0.1) is 0 Å². The smallest absolute Gasteiger partial charge is 0.294 e. The molecule has 5 nitrogen and oxygen atoms in total. The van der Waals surface area contributed by atoms with E-state index in [2.05, 4.69) is 4.98 Å². The standard InChI is InChI=1S/C20H13Cl3N2O3S/c21-14-6-4-12(5-7-14)11-25-19-10-17(23)16(22)9-18(19)24-20(25)13-2-1-3-15(8-13)29(26,27)28/h1-10H,11H2,(H,26,27,28). The van der Waals surface area contributed by atoms with Gasteiger partial charge in [0.15, 0.2) is 0 Å². The van der Waals surface area contributed by atoms with Crippen LogP contribution in [0.3, 0.4) is 0 Å². The third-order valence-corrected chi connectivity index (χ3v) is 6.26. The van der Waals surface area contributed by atoms with Gasteiger partial charge in [0.1, 0.15) is 5.82 Å². The summed E-state index contributed by atoms with van der Waals surface area (Å²) in [5.41, 5.74) is 2.84. The summed E-state index contributed by atoms with van der Waals surface area (Å²) in [5.74, 6) is 0.513. The molecule has 148 valence electrons. The van der Waals surface area contributed by atoms with Crippen molar-refractivity contribution >= 4 is 56.0 Å². The van der Waals surface area contributed by atoms with Crippen LogP contribution in [0.5, 0.6) is 0 Å². The average molecular weight is 468 g/mol. The molecule has 4 aromatic rings. The molecule has 0 saturated heterocycles. The number of nitrogens with zero attached hydrogens (tertiary/aromatic N) is 2. The summed E-state index contributed by atoms with van der Waals surface area (Å²) >= 11 is 18.4. The zero-order valence-electron chi connectivity index (χ0n) is 14.7. The van der Waals surface area contributed by atoms with Crippen molar-refractivity contribution in [2.45, 2.75) is 11.4 Å². The molecule has 0 aliphatic heterocycles. The highest BCUT2D eigenvalue weighted by atomic mass is 35.5. The highest BCUT2D eigenvalue weighted by molar-refractivity contribution is 7.85. The largest absolute Gasteiger partial charge is 0.319 e. The Morgan fingerprint density at radius 2 is 1.62 bits per heavy atom. The van der Waals surface area contributed by atoms with Crippen molar-refractivity contribution in [2.24, 2.45) is 0 Å². The Morgan fingerprint density at radius 1 is 0.931 bits per heavy atom. The molecule has 0 unspecified atom stereocenters. The van der Waals surface area contributed by atoms with E-state index in [9.17, 15) is 13.0 Å².